The molecule has 1 saturated carbocycles. The topological polar surface area (TPSA) is 97.1 Å². The lowest BCUT2D eigenvalue weighted by atomic mass is 10.2. The van der Waals surface area contributed by atoms with Gasteiger partial charge in [0.05, 0.1) is 5.75 Å². The lowest BCUT2D eigenvalue weighted by Crippen LogP contribution is -2.41. The van der Waals surface area contributed by atoms with Crippen LogP contribution in [0.25, 0.3) is 0 Å². The van der Waals surface area contributed by atoms with Gasteiger partial charge in [0.1, 0.15) is 12.4 Å². The largest absolute Gasteiger partial charge is 0.480 e. The number of aliphatic carboxylic acids is 1. The van der Waals surface area contributed by atoms with Crippen LogP contribution in [-0.4, -0.2) is 43.5 Å². The van der Waals surface area contributed by atoms with Crippen molar-refractivity contribution in [3.05, 3.63) is 19.0 Å². The van der Waals surface area contributed by atoms with Crippen molar-refractivity contribution in [1.82, 2.24) is 20.1 Å². The lowest BCUT2D eigenvalue weighted by Gasteiger charge is -2.12. The molecular formula is C12H16N4O3S. The first-order chi connectivity index (χ1) is 9.61. The van der Waals surface area contributed by atoms with Crippen LogP contribution in [0.15, 0.2) is 24.1 Å². The van der Waals surface area contributed by atoms with Gasteiger partial charge in [0, 0.05) is 6.04 Å². The number of hydrogen-bond donors (Lipinski definition) is 2. The minimum atomic E-state index is -1.07. The Bertz CT molecular complexity index is 513. The van der Waals surface area contributed by atoms with E-state index < -0.39 is 12.0 Å². The van der Waals surface area contributed by atoms with Gasteiger partial charge in [-0.05, 0) is 19.3 Å². The van der Waals surface area contributed by atoms with Crippen molar-refractivity contribution in [3.63, 3.8) is 0 Å². The Morgan fingerprint density at radius 2 is 2.40 bits per heavy atom. The molecule has 1 amide bonds. The van der Waals surface area contributed by atoms with Crippen LogP contribution >= 0.6 is 11.8 Å². The zero-order valence-electron chi connectivity index (χ0n) is 10.9. The summed E-state index contributed by atoms with van der Waals surface area (Å²) in [6.07, 6.45) is 5.55. The molecule has 1 aliphatic rings. The molecule has 8 heteroatoms. The molecule has 1 heterocycles. The first-order valence-electron chi connectivity index (χ1n) is 6.27. The van der Waals surface area contributed by atoms with Crippen LogP contribution in [0.2, 0.25) is 0 Å². The highest BCUT2D eigenvalue weighted by atomic mass is 32.2. The summed E-state index contributed by atoms with van der Waals surface area (Å²) in [6, 6.07) is -0.481. The number of rotatable bonds is 8. The molecule has 0 spiro atoms. The monoisotopic (exact) mass is 296 g/mol. The molecule has 7 nitrogen and oxygen atoms in total. The number of nitrogens with one attached hydrogen (secondary N) is 1. The third-order valence-corrected chi connectivity index (χ3v) is 3.81. The molecule has 2 N–H and O–H groups in total. The van der Waals surface area contributed by atoms with Crippen LogP contribution in [-0.2, 0) is 9.59 Å². The Labute approximate surface area is 120 Å². The maximum atomic E-state index is 11.7. The third kappa shape index (κ3) is 3.83. The second-order valence-corrected chi connectivity index (χ2v) is 5.47. The summed E-state index contributed by atoms with van der Waals surface area (Å²) in [5.74, 6) is -1.29. The number of hydrogen-bond acceptors (Lipinski definition) is 5. The SMILES string of the molecule is C=CCC(NC(=O)CSc1nncn1C1CC1)C(=O)O. The Balaban J connectivity index is 1.83. The van der Waals surface area contributed by atoms with E-state index in [0.717, 1.165) is 12.8 Å². The molecule has 1 aromatic rings. The number of carbonyl (C=O) groups is 2. The van der Waals surface area contributed by atoms with Crippen molar-refractivity contribution in [1.29, 1.82) is 0 Å². The number of carboxylic acids is 1. The van der Waals surface area contributed by atoms with Crippen molar-refractivity contribution >= 4 is 23.6 Å². The summed E-state index contributed by atoms with van der Waals surface area (Å²) < 4.78 is 1.95. The molecule has 1 unspecified atom stereocenters. The van der Waals surface area contributed by atoms with Gasteiger partial charge in [-0.1, -0.05) is 17.8 Å². The van der Waals surface area contributed by atoms with E-state index in [1.807, 2.05) is 4.57 Å². The molecule has 1 aliphatic carbocycles. The standard InChI is InChI=1S/C12H16N4O3S/c1-2-3-9(11(18)19)14-10(17)6-20-12-15-13-7-16(12)8-4-5-8/h2,7-9H,1,3-6H2,(H,14,17)(H,18,19). The smallest absolute Gasteiger partial charge is 0.326 e. The van der Waals surface area contributed by atoms with E-state index >= 15 is 0 Å². The van der Waals surface area contributed by atoms with Gasteiger partial charge in [-0.2, -0.15) is 0 Å². The van der Waals surface area contributed by atoms with Crippen molar-refractivity contribution in [3.8, 4) is 0 Å². The molecule has 0 aliphatic heterocycles. The molecule has 0 saturated heterocycles. The summed E-state index contributed by atoms with van der Waals surface area (Å²) in [4.78, 5) is 22.7. The maximum Gasteiger partial charge on any atom is 0.326 e. The third-order valence-electron chi connectivity index (χ3n) is 2.85. The summed E-state index contributed by atoms with van der Waals surface area (Å²) >= 11 is 1.26. The Morgan fingerprint density at radius 3 is 3.00 bits per heavy atom. The first-order valence-corrected chi connectivity index (χ1v) is 7.25. The highest BCUT2D eigenvalue weighted by Crippen LogP contribution is 2.37. The van der Waals surface area contributed by atoms with Crippen LogP contribution in [0.3, 0.4) is 0 Å². The van der Waals surface area contributed by atoms with E-state index in [9.17, 15) is 9.59 Å². The minimum Gasteiger partial charge on any atom is -0.480 e. The van der Waals surface area contributed by atoms with Gasteiger partial charge in [0.25, 0.3) is 0 Å². The van der Waals surface area contributed by atoms with E-state index in [0.29, 0.717) is 11.2 Å². The molecule has 20 heavy (non-hydrogen) atoms. The second-order valence-electron chi connectivity index (χ2n) is 4.52. The van der Waals surface area contributed by atoms with Crippen LogP contribution in [0.1, 0.15) is 25.3 Å². The van der Waals surface area contributed by atoms with Crippen molar-refractivity contribution in [2.45, 2.75) is 36.5 Å². The second kappa shape index (κ2) is 6.56. The van der Waals surface area contributed by atoms with Crippen molar-refractivity contribution in [2.24, 2.45) is 0 Å². The zero-order chi connectivity index (χ0) is 14.5. The number of carbonyl (C=O) groups excluding carboxylic acids is 1. The molecule has 0 aromatic carbocycles. The Kier molecular flexibility index (Phi) is 4.78. The maximum absolute atomic E-state index is 11.7. The number of amides is 1. The van der Waals surface area contributed by atoms with Gasteiger partial charge in [0.15, 0.2) is 5.16 Å². The number of nitrogens with zero attached hydrogens (tertiary/aromatic N) is 3. The predicted octanol–water partition coefficient (Wildman–Crippen LogP) is 0.851. The van der Waals surface area contributed by atoms with Gasteiger partial charge in [-0.25, -0.2) is 4.79 Å². The highest BCUT2D eigenvalue weighted by molar-refractivity contribution is 7.99. The quantitative estimate of drug-likeness (QED) is 0.545. The van der Waals surface area contributed by atoms with Crippen LogP contribution in [0.5, 0.6) is 0 Å². The molecule has 0 bridgehead atoms. The fourth-order valence-electron chi connectivity index (χ4n) is 1.69. The number of thioether (sulfide) groups is 1. The lowest BCUT2D eigenvalue weighted by molar-refractivity contribution is -0.141. The summed E-state index contributed by atoms with van der Waals surface area (Å²) in [6.45, 7) is 3.47. The van der Waals surface area contributed by atoms with Crippen LogP contribution in [0, 0.1) is 0 Å². The van der Waals surface area contributed by atoms with E-state index in [1.54, 1.807) is 6.33 Å². The van der Waals surface area contributed by atoms with Gasteiger partial charge in [-0.3, -0.25) is 4.79 Å². The number of carboxylic acid groups (broad SMARTS) is 1. The Hall–Kier alpha value is -1.83. The summed E-state index contributed by atoms with van der Waals surface area (Å²) in [7, 11) is 0. The molecule has 0 radical (unpaired) electrons. The fourth-order valence-corrected chi connectivity index (χ4v) is 2.49. The summed E-state index contributed by atoms with van der Waals surface area (Å²) in [5, 5.41) is 19.9. The summed E-state index contributed by atoms with van der Waals surface area (Å²) in [5.41, 5.74) is 0. The van der Waals surface area contributed by atoms with Gasteiger partial charge in [0.2, 0.25) is 5.91 Å². The van der Waals surface area contributed by atoms with Crippen molar-refractivity contribution < 1.29 is 14.7 Å². The van der Waals surface area contributed by atoms with Gasteiger partial charge in [-0.15, -0.1) is 16.8 Å². The van der Waals surface area contributed by atoms with E-state index in [2.05, 4.69) is 22.1 Å². The van der Waals surface area contributed by atoms with Crippen LogP contribution < -0.4 is 5.32 Å². The normalized spacial score (nSPS) is 15.6. The van der Waals surface area contributed by atoms with Gasteiger partial charge >= 0.3 is 5.97 Å². The Morgan fingerprint density at radius 1 is 1.65 bits per heavy atom. The molecule has 1 fully saturated rings. The van der Waals surface area contributed by atoms with E-state index in [1.165, 1.54) is 17.8 Å². The highest BCUT2D eigenvalue weighted by Gasteiger charge is 2.26. The van der Waals surface area contributed by atoms with E-state index in [4.69, 9.17) is 5.11 Å². The molecule has 1 aromatic heterocycles. The first kappa shape index (κ1) is 14.6. The molecule has 2 rings (SSSR count). The average molecular weight is 296 g/mol. The zero-order valence-corrected chi connectivity index (χ0v) is 11.7. The average Bonchev–Trinajstić information content (AvgIpc) is 3.14. The molecule has 1 atom stereocenters. The van der Waals surface area contributed by atoms with Crippen LogP contribution in [0.4, 0.5) is 0 Å². The molecule has 108 valence electrons. The minimum absolute atomic E-state index is 0.117. The van der Waals surface area contributed by atoms with E-state index in [-0.39, 0.29) is 18.1 Å². The van der Waals surface area contributed by atoms with Crippen molar-refractivity contribution in [2.75, 3.05) is 5.75 Å². The van der Waals surface area contributed by atoms with Gasteiger partial charge < -0.3 is 15.0 Å². The molecular weight excluding hydrogens is 280 g/mol. The number of aromatic nitrogens is 3. The predicted molar refractivity (Wildman–Crippen MR) is 73.4 cm³/mol. The fraction of sp³-hybridized carbons (Fsp3) is 0.500.